The molecule has 0 unspecified atom stereocenters. The number of fused-ring (bicyclic) bond motifs is 2. The number of hydrogen-bond acceptors (Lipinski definition) is 5. The fraction of sp³-hybridized carbons (Fsp3) is 0.318. The molecule has 0 saturated carbocycles. The van der Waals surface area contributed by atoms with E-state index in [2.05, 4.69) is 10.3 Å². The van der Waals surface area contributed by atoms with E-state index in [1.54, 1.807) is 22.8 Å². The lowest BCUT2D eigenvalue weighted by molar-refractivity contribution is -0.121. The van der Waals surface area contributed by atoms with E-state index in [0.717, 1.165) is 24.8 Å². The van der Waals surface area contributed by atoms with Gasteiger partial charge < -0.3 is 19.8 Å². The highest BCUT2D eigenvalue weighted by Crippen LogP contribution is 2.34. The first-order valence-electron chi connectivity index (χ1n) is 10.1. The topological polar surface area (TPSA) is 85.4 Å². The summed E-state index contributed by atoms with van der Waals surface area (Å²) in [6.07, 6.45) is 2.70. The number of nitrogens with zero attached hydrogens (tertiary/aromatic N) is 1. The molecule has 2 heterocycles. The number of ether oxygens (including phenoxy) is 2. The summed E-state index contributed by atoms with van der Waals surface area (Å²) in [6.45, 7) is 1.05. The van der Waals surface area contributed by atoms with Crippen LogP contribution in [0.4, 0.5) is 0 Å². The highest BCUT2D eigenvalue weighted by Gasteiger charge is 2.17. The van der Waals surface area contributed by atoms with Gasteiger partial charge in [-0.1, -0.05) is 36.2 Å². The van der Waals surface area contributed by atoms with E-state index in [9.17, 15) is 9.59 Å². The van der Waals surface area contributed by atoms with E-state index < -0.39 is 0 Å². The van der Waals surface area contributed by atoms with E-state index in [1.807, 2.05) is 18.2 Å². The fourth-order valence-electron chi connectivity index (χ4n) is 3.50. The molecule has 0 saturated heterocycles. The minimum atomic E-state index is -0.158. The second-order valence-electron chi connectivity index (χ2n) is 7.32. The van der Waals surface area contributed by atoms with Crippen molar-refractivity contribution in [2.24, 2.45) is 0 Å². The molecule has 0 aliphatic carbocycles. The van der Waals surface area contributed by atoms with Crippen molar-refractivity contribution in [2.75, 3.05) is 6.79 Å². The van der Waals surface area contributed by atoms with Crippen molar-refractivity contribution in [3.8, 4) is 11.5 Å². The van der Waals surface area contributed by atoms with Gasteiger partial charge in [-0.3, -0.25) is 14.2 Å². The van der Waals surface area contributed by atoms with Crippen molar-refractivity contribution in [3.63, 3.8) is 0 Å². The number of carbonyl (C=O) groups is 1. The predicted octanol–water partition coefficient (Wildman–Crippen LogP) is 4.32. The zero-order valence-electron chi connectivity index (χ0n) is 16.8. The van der Waals surface area contributed by atoms with Crippen LogP contribution in [0, 0.1) is 4.77 Å². The molecule has 3 aromatic rings. The molecule has 2 N–H and O–H groups in total. The Morgan fingerprint density at radius 1 is 1.16 bits per heavy atom. The van der Waals surface area contributed by atoms with Crippen molar-refractivity contribution in [3.05, 3.63) is 62.1 Å². The first-order chi connectivity index (χ1) is 15.0. The number of amides is 1. The summed E-state index contributed by atoms with van der Waals surface area (Å²) in [4.78, 5) is 28.0. The van der Waals surface area contributed by atoms with Crippen LogP contribution in [0.3, 0.4) is 0 Å². The smallest absolute Gasteiger partial charge is 0.262 e. The average molecular weight is 460 g/mol. The average Bonchev–Trinajstić information content (AvgIpc) is 3.21. The Balaban J connectivity index is 1.28. The van der Waals surface area contributed by atoms with Crippen LogP contribution in [-0.2, 0) is 17.9 Å². The maximum atomic E-state index is 12.9. The minimum Gasteiger partial charge on any atom is -0.454 e. The molecule has 1 aromatic heterocycles. The van der Waals surface area contributed by atoms with Crippen molar-refractivity contribution >= 4 is 40.6 Å². The standard InChI is InChI=1S/C22H22ClN3O4S/c23-16-7-4-3-6-14(16)12-24-20(27)8-2-1-5-9-26-21(28)15-10-18-19(30-13-29-18)11-17(15)25-22(26)31/h3-4,6-7,10-11H,1-2,5,8-9,12-13H2,(H,24,27)(H,25,31). The van der Waals surface area contributed by atoms with Crippen molar-refractivity contribution in [1.29, 1.82) is 0 Å². The van der Waals surface area contributed by atoms with Crippen LogP contribution in [0.2, 0.25) is 5.02 Å². The van der Waals surface area contributed by atoms with Gasteiger partial charge in [-0.05, 0) is 42.8 Å². The van der Waals surface area contributed by atoms with Crippen LogP contribution in [0.1, 0.15) is 31.2 Å². The molecule has 7 nitrogen and oxygen atoms in total. The normalized spacial score (nSPS) is 12.3. The summed E-state index contributed by atoms with van der Waals surface area (Å²) in [6, 6.07) is 10.9. The molecule has 162 valence electrons. The number of hydrogen-bond donors (Lipinski definition) is 2. The summed E-state index contributed by atoms with van der Waals surface area (Å²) in [5, 5.41) is 4.04. The van der Waals surface area contributed by atoms with Crippen LogP contribution < -0.4 is 20.3 Å². The lowest BCUT2D eigenvalue weighted by atomic mass is 10.1. The van der Waals surface area contributed by atoms with Gasteiger partial charge in [-0.15, -0.1) is 0 Å². The lowest BCUT2D eigenvalue weighted by Crippen LogP contribution is -2.23. The number of unbranched alkanes of at least 4 members (excludes halogenated alkanes) is 2. The first kappa shape index (κ1) is 21.4. The van der Waals surface area contributed by atoms with Gasteiger partial charge in [0.05, 0.1) is 10.9 Å². The number of aromatic amines is 1. The molecule has 9 heteroatoms. The van der Waals surface area contributed by atoms with E-state index in [-0.39, 0.29) is 18.3 Å². The van der Waals surface area contributed by atoms with E-state index in [1.165, 1.54) is 0 Å². The first-order valence-corrected chi connectivity index (χ1v) is 10.9. The second-order valence-corrected chi connectivity index (χ2v) is 8.11. The summed E-state index contributed by atoms with van der Waals surface area (Å²) in [5.41, 5.74) is 1.37. The monoisotopic (exact) mass is 459 g/mol. The zero-order chi connectivity index (χ0) is 21.8. The molecule has 0 radical (unpaired) electrons. The largest absolute Gasteiger partial charge is 0.454 e. The Morgan fingerprint density at radius 2 is 1.94 bits per heavy atom. The number of halogens is 1. The maximum absolute atomic E-state index is 12.9. The molecule has 1 aliphatic heterocycles. The van der Waals surface area contributed by atoms with Gasteiger partial charge in [0.1, 0.15) is 0 Å². The fourth-order valence-corrected chi connectivity index (χ4v) is 3.99. The van der Waals surface area contributed by atoms with Crippen molar-refractivity contribution in [1.82, 2.24) is 14.9 Å². The van der Waals surface area contributed by atoms with E-state index in [4.69, 9.17) is 33.3 Å². The van der Waals surface area contributed by atoms with Gasteiger partial charge in [0, 0.05) is 30.6 Å². The van der Waals surface area contributed by atoms with Crippen LogP contribution in [-0.4, -0.2) is 22.3 Å². The maximum Gasteiger partial charge on any atom is 0.262 e. The summed E-state index contributed by atoms with van der Waals surface area (Å²) < 4.78 is 12.6. The van der Waals surface area contributed by atoms with Gasteiger partial charge in [0.2, 0.25) is 12.7 Å². The van der Waals surface area contributed by atoms with Crippen LogP contribution in [0.5, 0.6) is 11.5 Å². The highest BCUT2D eigenvalue weighted by atomic mass is 35.5. The van der Waals surface area contributed by atoms with Crippen molar-refractivity contribution in [2.45, 2.75) is 38.8 Å². The van der Waals surface area contributed by atoms with E-state index in [0.29, 0.717) is 51.7 Å². The molecule has 0 atom stereocenters. The molecule has 2 aromatic carbocycles. The molecule has 4 rings (SSSR count). The third-order valence-electron chi connectivity index (χ3n) is 5.19. The SMILES string of the molecule is O=C(CCCCCn1c(=S)[nH]c2cc3c(cc2c1=O)OCO3)NCc1ccccc1Cl. The molecular weight excluding hydrogens is 438 g/mol. The molecule has 0 fully saturated rings. The third-order valence-corrected chi connectivity index (χ3v) is 5.89. The Hall–Kier alpha value is -2.84. The van der Waals surface area contributed by atoms with Gasteiger partial charge in [0.15, 0.2) is 16.3 Å². The van der Waals surface area contributed by atoms with Gasteiger partial charge in [-0.25, -0.2) is 0 Å². The number of carbonyl (C=O) groups excluding carboxylic acids is 1. The van der Waals surface area contributed by atoms with Gasteiger partial charge >= 0.3 is 0 Å². The van der Waals surface area contributed by atoms with Crippen LogP contribution in [0.15, 0.2) is 41.2 Å². The number of nitrogens with one attached hydrogen (secondary N) is 2. The molecule has 0 spiro atoms. The lowest BCUT2D eigenvalue weighted by Gasteiger charge is -2.09. The Kier molecular flexibility index (Phi) is 6.58. The van der Waals surface area contributed by atoms with Crippen molar-refractivity contribution < 1.29 is 14.3 Å². The Bertz CT molecular complexity index is 1240. The second kappa shape index (κ2) is 9.53. The van der Waals surface area contributed by atoms with Gasteiger partial charge in [0.25, 0.3) is 5.56 Å². The quantitative estimate of drug-likeness (QED) is 0.387. The summed E-state index contributed by atoms with van der Waals surface area (Å²) in [7, 11) is 0. The molecule has 0 bridgehead atoms. The summed E-state index contributed by atoms with van der Waals surface area (Å²) in [5.74, 6) is 1.14. The summed E-state index contributed by atoms with van der Waals surface area (Å²) >= 11 is 11.5. The highest BCUT2D eigenvalue weighted by molar-refractivity contribution is 7.71. The van der Waals surface area contributed by atoms with E-state index >= 15 is 0 Å². The Morgan fingerprint density at radius 3 is 2.74 bits per heavy atom. The number of rotatable bonds is 8. The number of benzene rings is 2. The third kappa shape index (κ3) is 4.91. The minimum absolute atomic E-state index is 0.0174. The van der Waals surface area contributed by atoms with Crippen LogP contribution >= 0.6 is 23.8 Å². The van der Waals surface area contributed by atoms with Crippen LogP contribution in [0.25, 0.3) is 10.9 Å². The molecular formula is C22H22ClN3O4S. The number of aromatic nitrogens is 2. The Labute approximate surface area is 188 Å². The molecule has 1 amide bonds. The predicted molar refractivity (Wildman–Crippen MR) is 121 cm³/mol. The molecule has 31 heavy (non-hydrogen) atoms. The zero-order valence-corrected chi connectivity index (χ0v) is 18.4. The van der Waals surface area contributed by atoms with Gasteiger partial charge in [-0.2, -0.15) is 0 Å². The number of H-pyrrole nitrogens is 1. The molecule has 1 aliphatic rings.